The van der Waals surface area contributed by atoms with Crippen LogP contribution in [0, 0.1) is 6.92 Å². The van der Waals surface area contributed by atoms with Crippen LogP contribution in [0.15, 0.2) is 18.2 Å². The summed E-state index contributed by atoms with van der Waals surface area (Å²) in [5, 5.41) is 9.64. The lowest BCUT2D eigenvalue weighted by atomic mass is 10.1. The van der Waals surface area contributed by atoms with Gasteiger partial charge in [0.1, 0.15) is 0 Å². The molecule has 0 aliphatic carbocycles. The molecule has 0 aliphatic rings. The van der Waals surface area contributed by atoms with Gasteiger partial charge in [-0.3, -0.25) is 10.6 Å². The first kappa shape index (κ1) is 15.4. The van der Waals surface area contributed by atoms with Crippen molar-refractivity contribution in [2.75, 3.05) is 32.7 Å². The number of nitrogens with one attached hydrogen (secondary N) is 1. The highest BCUT2D eigenvalue weighted by molar-refractivity contribution is 5.99. The van der Waals surface area contributed by atoms with Crippen molar-refractivity contribution in [1.29, 1.82) is 0 Å². The molecular formula is C13H21N3O3. The Morgan fingerprint density at radius 3 is 2.84 bits per heavy atom. The topological polar surface area (TPSA) is 87.8 Å². The predicted octanol–water partition coefficient (Wildman–Crippen LogP) is 0.360. The van der Waals surface area contributed by atoms with Gasteiger partial charge in [0.15, 0.2) is 0 Å². The first-order valence-electron chi connectivity index (χ1n) is 5.99. The lowest BCUT2D eigenvalue weighted by Crippen LogP contribution is -2.36. The second kappa shape index (κ2) is 7.08. The number of nitrogens with two attached hydrogens (primary N) is 1. The largest absolute Gasteiger partial charge is 0.389 e. The molecule has 0 bridgehead atoms. The summed E-state index contributed by atoms with van der Waals surface area (Å²) in [5.74, 6) is 5.20. The number of hydrazine groups is 1. The number of hydrogen-bond acceptors (Lipinski definition) is 5. The molecule has 1 aromatic rings. The highest BCUT2D eigenvalue weighted by Crippen LogP contribution is 2.18. The van der Waals surface area contributed by atoms with Crippen molar-refractivity contribution in [3.63, 3.8) is 0 Å². The van der Waals surface area contributed by atoms with E-state index < -0.39 is 6.10 Å². The maximum Gasteiger partial charge on any atom is 0.255 e. The van der Waals surface area contributed by atoms with E-state index in [1.165, 1.54) is 12.0 Å². The first-order valence-corrected chi connectivity index (χ1v) is 5.99. The third-order valence-electron chi connectivity index (χ3n) is 2.75. The summed E-state index contributed by atoms with van der Waals surface area (Å²) in [4.78, 5) is 13.7. The average Bonchev–Trinajstić information content (AvgIpc) is 2.37. The molecule has 1 rings (SSSR count). The fourth-order valence-electron chi connectivity index (χ4n) is 1.81. The quantitative estimate of drug-likeness (QED) is 0.511. The Hall–Kier alpha value is -1.63. The van der Waals surface area contributed by atoms with Gasteiger partial charge in [-0.15, -0.1) is 0 Å². The number of nitrogens with zero attached hydrogens (tertiary/aromatic N) is 1. The fraction of sp³-hybridized carbons (Fsp3) is 0.462. The van der Waals surface area contributed by atoms with E-state index in [1.807, 2.05) is 13.0 Å². The van der Waals surface area contributed by atoms with Crippen LogP contribution in [0.4, 0.5) is 5.69 Å². The SMILES string of the molecule is COCC(O)CN(C)C(=O)c1cc(C)ccc1NN. The normalized spacial score (nSPS) is 12.1. The number of likely N-dealkylation sites (N-methyl/N-ethyl adjacent to an activating group) is 1. The molecule has 0 fully saturated rings. The molecule has 0 heterocycles. The average molecular weight is 267 g/mol. The molecule has 4 N–H and O–H groups in total. The van der Waals surface area contributed by atoms with E-state index in [2.05, 4.69) is 5.43 Å². The Kier molecular flexibility index (Phi) is 5.75. The van der Waals surface area contributed by atoms with Crippen molar-refractivity contribution in [3.05, 3.63) is 29.3 Å². The van der Waals surface area contributed by atoms with Crippen LogP contribution in [0.1, 0.15) is 15.9 Å². The van der Waals surface area contributed by atoms with Crippen LogP contribution in [0.5, 0.6) is 0 Å². The third kappa shape index (κ3) is 4.20. The molecule has 106 valence electrons. The van der Waals surface area contributed by atoms with E-state index >= 15 is 0 Å². The number of nitrogen functional groups attached to an aromatic ring is 1. The number of rotatable bonds is 6. The second-order valence-corrected chi connectivity index (χ2v) is 4.49. The van der Waals surface area contributed by atoms with Crippen LogP contribution in [0.25, 0.3) is 0 Å². The third-order valence-corrected chi connectivity index (χ3v) is 2.75. The van der Waals surface area contributed by atoms with Crippen LogP contribution in [-0.2, 0) is 4.74 Å². The Bertz CT molecular complexity index is 437. The number of benzene rings is 1. The van der Waals surface area contributed by atoms with Gasteiger partial charge in [0.05, 0.1) is 24.0 Å². The molecule has 0 aromatic heterocycles. The number of carbonyl (C=O) groups is 1. The summed E-state index contributed by atoms with van der Waals surface area (Å²) < 4.78 is 4.83. The Morgan fingerprint density at radius 1 is 1.58 bits per heavy atom. The second-order valence-electron chi connectivity index (χ2n) is 4.49. The molecule has 19 heavy (non-hydrogen) atoms. The van der Waals surface area contributed by atoms with E-state index in [9.17, 15) is 9.90 Å². The molecule has 1 amide bonds. The van der Waals surface area contributed by atoms with Gasteiger partial charge in [-0.2, -0.15) is 0 Å². The minimum Gasteiger partial charge on any atom is -0.389 e. The number of anilines is 1. The Balaban J connectivity index is 2.84. The summed E-state index contributed by atoms with van der Waals surface area (Å²) in [6.07, 6.45) is -0.710. The lowest BCUT2D eigenvalue weighted by Gasteiger charge is -2.22. The summed E-state index contributed by atoms with van der Waals surface area (Å²) in [6.45, 7) is 2.29. The van der Waals surface area contributed by atoms with E-state index in [4.69, 9.17) is 10.6 Å². The standard InChI is InChI=1S/C13H21N3O3/c1-9-4-5-12(15-14)11(6-9)13(18)16(2)7-10(17)8-19-3/h4-6,10,15,17H,7-8,14H2,1-3H3. The van der Waals surface area contributed by atoms with Crippen molar-refractivity contribution >= 4 is 11.6 Å². The van der Waals surface area contributed by atoms with Gasteiger partial charge < -0.3 is 20.2 Å². The Morgan fingerprint density at radius 2 is 2.26 bits per heavy atom. The van der Waals surface area contributed by atoms with Crippen molar-refractivity contribution in [3.8, 4) is 0 Å². The molecule has 0 saturated carbocycles. The predicted molar refractivity (Wildman–Crippen MR) is 73.8 cm³/mol. The maximum absolute atomic E-state index is 12.3. The number of hydrogen-bond donors (Lipinski definition) is 3. The zero-order valence-electron chi connectivity index (χ0n) is 11.5. The van der Waals surface area contributed by atoms with Crippen molar-refractivity contribution < 1.29 is 14.6 Å². The molecule has 0 aliphatic heterocycles. The zero-order chi connectivity index (χ0) is 14.4. The number of ether oxygens (including phenoxy) is 1. The van der Waals surface area contributed by atoms with Crippen LogP contribution >= 0.6 is 0 Å². The fourth-order valence-corrected chi connectivity index (χ4v) is 1.81. The smallest absolute Gasteiger partial charge is 0.255 e. The van der Waals surface area contributed by atoms with Gasteiger partial charge in [0.2, 0.25) is 0 Å². The number of aryl methyl sites for hydroxylation is 1. The summed E-state index contributed by atoms with van der Waals surface area (Å²) in [6, 6.07) is 5.38. The lowest BCUT2D eigenvalue weighted by molar-refractivity contribution is 0.0380. The summed E-state index contributed by atoms with van der Waals surface area (Å²) in [5.41, 5.74) is 4.51. The van der Waals surface area contributed by atoms with E-state index in [-0.39, 0.29) is 19.1 Å². The summed E-state index contributed by atoms with van der Waals surface area (Å²) in [7, 11) is 3.13. The van der Waals surface area contributed by atoms with Crippen molar-refractivity contribution in [2.24, 2.45) is 5.84 Å². The van der Waals surface area contributed by atoms with Gasteiger partial charge in [-0.05, 0) is 19.1 Å². The number of carbonyl (C=O) groups excluding carboxylic acids is 1. The molecule has 1 atom stereocenters. The summed E-state index contributed by atoms with van der Waals surface area (Å²) >= 11 is 0. The highest BCUT2D eigenvalue weighted by atomic mass is 16.5. The number of aliphatic hydroxyl groups is 1. The minimum absolute atomic E-state index is 0.188. The van der Waals surface area contributed by atoms with Crippen LogP contribution in [-0.4, -0.2) is 49.3 Å². The zero-order valence-corrected chi connectivity index (χ0v) is 11.5. The Labute approximate surface area is 113 Å². The van der Waals surface area contributed by atoms with Crippen LogP contribution in [0.3, 0.4) is 0 Å². The van der Waals surface area contributed by atoms with E-state index in [0.717, 1.165) is 5.56 Å². The minimum atomic E-state index is -0.710. The molecule has 6 heteroatoms. The monoisotopic (exact) mass is 267 g/mol. The van der Waals surface area contributed by atoms with E-state index in [1.54, 1.807) is 19.2 Å². The van der Waals surface area contributed by atoms with Gasteiger partial charge in [-0.25, -0.2) is 0 Å². The van der Waals surface area contributed by atoms with Crippen molar-refractivity contribution in [1.82, 2.24) is 4.90 Å². The van der Waals surface area contributed by atoms with E-state index in [0.29, 0.717) is 11.3 Å². The van der Waals surface area contributed by atoms with Crippen molar-refractivity contribution in [2.45, 2.75) is 13.0 Å². The van der Waals surface area contributed by atoms with Gasteiger partial charge in [0.25, 0.3) is 5.91 Å². The molecular weight excluding hydrogens is 246 g/mol. The molecule has 0 saturated heterocycles. The number of methoxy groups -OCH3 is 1. The van der Waals surface area contributed by atoms with Gasteiger partial charge >= 0.3 is 0 Å². The maximum atomic E-state index is 12.3. The molecule has 0 spiro atoms. The molecule has 6 nitrogen and oxygen atoms in total. The van der Waals surface area contributed by atoms with Crippen LogP contribution in [0.2, 0.25) is 0 Å². The molecule has 0 radical (unpaired) electrons. The molecule has 1 aromatic carbocycles. The van der Waals surface area contributed by atoms with Gasteiger partial charge in [-0.1, -0.05) is 11.6 Å². The highest BCUT2D eigenvalue weighted by Gasteiger charge is 2.18. The first-order chi connectivity index (χ1) is 8.99. The molecule has 1 unspecified atom stereocenters. The number of aliphatic hydroxyl groups excluding tert-OH is 1. The van der Waals surface area contributed by atoms with Crippen LogP contribution < -0.4 is 11.3 Å². The van der Waals surface area contributed by atoms with Gasteiger partial charge in [0, 0.05) is 20.7 Å². The number of amides is 1.